The fraction of sp³-hybridized carbons (Fsp3) is 0.0476. The summed E-state index contributed by atoms with van der Waals surface area (Å²) in [5, 5.41) is 7.52. The lowest BCUT2D eigenvalue weighted by Gasteiger charge is -2.20. The van der Waals surface area contributed by atoms with E-state index in [0.29, 0.717) is 0 Å². The van der Waals surface area contributed by atoms with E-state index in [1.165, 1.54) is 76.8 Å². The molecule has 2 heterocycles. The molecule has 0 amide bonds. The van der Waals surface area contributed by atoms with Gasteiger partial charge in [0.2, 0.25) is 0 Å². The molecule has 2 heteroatoms. The molecule has 8 rings (SSSR count). The van der Waals surface area contributed by atoms with Crippen LogP contribution >= 0.6 is 0 Å². The summed E-state index contributed by atoms with van der Waals surface area (Å²) in [6.07, 6.45) is 5.78. The van der Waals surface area contributed by atoms with Crippen LogP contribution in [-0.4, -0.2) is 9.97 Å². The molecule has 0 radical (unpaired) electrons. The van der Waals surface area contributed by atoms with Crippen LogP contribution in [0.5, 0.6) is 0 Å². The molecular formula is C42H30N2. The summed E-state index contributed by atoms with van der Waals surface area (Å²) >= 11 is 0. The molecule has 8 aromatic rings. The Labute approximate surface area is 257 Å². The Morgan fingerprint density at radius 3 is 1.50 bits per heavy atom. The number of aryl methyl sites for hydroxylation is 2. The standard InChI is InChI=1S/C42H30N2/c1-27-25-43-24-23-32(27)35-21-22-40(34-10-4-3-9-33(34)35)42-38-13-7-5-11-36(38)41(37-12-6-8-14-39(37)42)30-19-17-29(18-20-30)31-16-15-28(2)44-26-31/h3-26H,1-2H3. The average Bonchev–Trinajstić information content (AvgIpc) is 3.08. The molecule has 0 aliphatic carbocycles. The van der Waals surface area contributed by atoms with E-state index in [1.54, 1.807) is 0 Å². The van der Waals surface area contributed by atoms with Crippen molar-refractivity contribution in [1.82, 2.24) is 9.97 Å². The molecule has 208 valence electrons. The molecule has 0 fully saturated rings. The number of aromatic nitrogens is 2. The van der Waals surface area contributed by atoms with Gasteiger partial charge in [0.05, 0.1) is 0 Å². The Morgan fingerprint density at radius 2 is 0.909 bits per heavy atom. The fourth-order valence-electron chi connectivity index (χ4n) is 6.73. The summed E-state index contributed by atoms with van der Waals surface area (Å²) in [4.78, 5) is 8.84. The van der Waals surface area contributed by atoms with E-state index >= 15 is 0 Å². The summed E-state index contributed by atoms with van der Waals surface area (Å²) in [5.41, 5.74) is 12.0. The Balaban J connectivity index is 1.38. The van der Waals surface area contributed by atoms with E-state index in [-0.39, 0.29) is 0 Å². The Hall–Kier alpha value is -5.60. The van der Waals surface area contributed by atoms with Crippen LogP contribution in [0.25, 0.3) is 76.8 Å². The van der Waals surface area contributed by atoms with E-state index in [2.05, 4.69) is 144 Å². The number of hydrogen-bond acceptors (Lipinski definition) is 2. The summed E-state index contributed by atoms with van der Waals surface area (Å²) in [6.45, 7) is 4.15. The summed E-state index contributed by atoms with van der Waals surface area (Å²) in [5.74, 6) is 0. The van der Waals surface area contributed by atoms with Crippen molar-refractivity contribution in [2.24, 2.45) is 0 Å². The monoisotopic (exact) mass is 562 g/mol. The first kappa shape index (κ1) is 26.1. The summed E-state index contributed by atoms with van der Waals surface area (Å²) in [7, 11) is 0. The van der Waals surface area contributed by atoms with Gasteiger partial charge in [-0.3, -0.25) is 9.97 Å². The van der Waals surface area contributed by atoms with Crippen LogP contribution in [0, 0.1) is 13.8 Å². The largest absolute Gasteiger partial charge is 0.264 e. The van der Waals surface area contributed by atoms with Crippen LogP contribution in [0.4, 0.5) is 0 Å². The van der Waals surface area contributed by atoms with E-state index < -0.39 is 0 Å². The Kier molecular flexibility index (Phi) is 6.27. The third kappa shape index (κ3) is 4.27. The molecule has 0 N–H and O–H groups in total. The molecule has 0 saturated heterocycles. The SMILES string of the molecule is Cc1ccc(-c2ccc(-c3c4ccccc4c(-c4ccc(-c5ccncc5C)c5ccccc45)c4ccccc34)cc2)cn1. The van der Waals surface area contributed by atoms with Crippen molar-refractivity contribution >= 4 is 32.3 Å². The second-order valence-corrected chi connectivity index (χ2v) is 11.5. The predicted molar refractivity (Wildman–Crippen MR) is 186 cm³/mol. The Bertz CT molecular complexity index is 2270. The van der Waals surface area contributed by atoms with Gasteiger partial charge in [-0.1, -0.05) is 115 Å². The molecule has 0 spiro atoms. The third-order valence-corrected chi connectivity index (χ3v) is 8.85. The number of benzene rings is 6. The van der Waals surface area contributed by atoms with E-state index in [0.717, 1.165) is 11.3 Å². The zero-order valence-electron chi connectivity index (χ0n) is 24.8. The molecule has 0 aliphatic heterocycles. The highest BCUT2D eigenvalue weighted by molar-refractivity contribution is 6.24. The number of fused-ring (bicyclic) bond motifs is 3. The van der Waals surface area contributed by atoms with Gasteiger partial charge in [-0.25, -0.2) is 0 Å². The topological polar surface area (TPSA) is 25.8 Å². The minimum absolute atomic E-state index is 1.03. The quantitative estimate of drug-likeness (QED) is 0.199. The molecule has 0 unspecified atom stereocenters. The van der Waals surface area contributed by atoms with Gasteiger partial charge in [0.15, 0.2) is 0 Å². The van der Waals surface area contributed by atoms with Gasteiger partial charge in [0.25, 0.3) is 0 Å². The third-order valence-electron chi connectivity index (χ3n) is 8.85. The average molecular weight is 563 g/mol. The molecule has 0 aliphatic rings. The van der Waals surface area contributed by atoms with Gasteiger partial charge >= 0.3 is 0 Å². The second kappa shape index (κ2) is 10.6. The van der Waals surface area contributed by atoms with Crippen LogP contribution in [0.2, 0.25) is 0 Å². The molecular weight excluding hydrogens is 532 g/mol. The van der Waals surface area contributed by atoms with Gasteiger partial charge in [-0.05, 0) is 103 Å². The van der Waals surface area contributed by atoms with Crippen LogP contribution < -0.4 is 0 Å². The minimum Gasteiger partial charge on any atom is -0.264 e. The minimum atomic E-state index is 1.03. The van der Waals surface area contributed by atoms with Crippen molar-refractivity contribution in [2.75, 3.05) is 0 Å². The van der Waals surface area contributed by atoms with Gasteiger partial charge < -0.3 is 0 Å². The van der Waals surface area contributed by atoms with Crippen molar-refractivity contribution in [1.29, 1.82) is 0 Å². The van der Waals surface area contributed by atoms with Gasteiger partial charge in [0.1, 0.15) is 0 Å². The molecule has 2 aromatic heterocycles. The summed E-state index contributed by atoms with van der Waals surface area (Å²) in [6, 6.07) is 46.4. The molecule has 0 bridgehead atoms. The first-order chi connectivity index (χ1) is 21.7. The van der Waals surface area contributed by atoms with Gasteiger partial charge in [-0.15, -0.1) is 0 Å². The molecule has 2 nitrogen and oxygen atoms in total. The lowest BCUT2D eigenvalue weighted by atomic mass is 9.83. The highest BCUT2D eigenvalue weighted by Gasteiger charge is 2.19. The molecule has 0 atom stereocenters. The van der Waals surface area contributed by atoms with Crippen molar-refractivity contribution in [3.63, 3.8) is 0 Å². The number of rotatable bonds is 4. The van der Waals surface area contributed by atoms with Crippen molar-refractivity contribution in [3.8, 4) is 44.5 Å². The molecule has 6 aromatic carbocycles. The number of hydrogen-bond donors (Lipinski definition) is 0. The van der Waals surface area contributed by atoms with Crippen LogP contribution in [0.3, 0.4) is 0 Å². The first-order valence-corrected chi connectivity index (χ1v) is 15.1. The second-order valence-electron chi connectivity index (χ2n) is 11.5. The summed E-state index contributed by atoms with van der Waals surface area (Å²) < 4.78 is 0. The maximum Gasteiger partial charge on any atom is 0.0373 e. The van der Waals surface area contributed by atoms with E-state index in [4.69, 9.17) is 0 Å². The normalized spacial score (nSPS) is 11.4. The molecule has 44 heavy (non-hydrogen) atoms. The van der Waals surface area contributed by atoms with Crippen molar-refractivity contribution in [3.05, 3.63) is 157 Å². The lowest BCUT2D eigenvalue weighted by Crippen LogP contribution is -1.93. The predicted octanol–water partition coefficient (Wildman–Crippen LogP) is 11.2. The van der Waals surface area contributed by atoms with Gasteiger partial charge in [-0.2, -0.15) is 0 Å². The van der Waals surface area contributed by atoms with Crippen LogP contribution in [0.15, 0.2) is 146 Å². The van der Waals surface area contributed by atoms with Crippen LogP contribution in [0.1, 0.15) is 11.3 Å². The molecule has 0 saturated carbocycles. The highest BCUT2D eigenvalue weighted by atomic mass is 14.7. The van der Waals surface area contributed by atoms with Crippen molar-refractivity contribution < 1.29 is 0 Å². The Morgan fingerprint density at radius 1 is 0.386 bits per heavy atom. The zero-order valence-corrected chi connectivity index (χ0v) is 24.8. The number of pyridine rings is 2. The maximum atomic E-state index is 4.50. The van der Waals surface area contributed by atoms with Gasteiger partial charge in [0, 0.05) is 29.8 Å². The lowest BCUT2D eigenvalue weighted by molar-refractivity contribution is 1.20. The van der Waals surface area contributed by atoms with E-state index in [9.17, 15) is 0 Å². The fourth-order valence-corrected chi connectivity index (χ4v) is 6.73. The van der Waals surface area contributed by atoms with E-state index in [1.807, 2.05) is 25.5 Å². The number of nitrogens with zero attached hydrogens (tertiary/aromatic N) is 2. The smallest absolute Gasteiger partial charge is 0.0373 e. The highest BCUT2D eigenvalue weighted by Crippen LogP contribution is 2.46. The zero-order chi connectivity index (χ0) is 29.6. The van der Waals surface area contributed by atoms with Crippen molar-refractivity contribution in [2.45, 2.75) is 13.8 Å². The maximum absolute atomic E-state index is 4.50. The first-order valence-electron chi connectivity index (χ1n) is 15.1. The van der Waals surface area contributed by atoms with Crippen LogP contribution in [-0.2, 0) is 0 Å².